The van der Waals surface area contributed by atoms with Gasteiger partial charge in [0.15, 0.2) is 0 Å². The Balaban J connectivity index is 1.85. The lowest BCUT2D eigenvalue weighted by molar-refractivity contribution is 0.474. The van der Waals surface area contributed by atoms with E-state index < -0.39 is 0 Å². The van der Waals surface area contributed by atoms with E-state index in [0.29, 0.717) is 12.0 Å². The number of fused-ring (bicyclic) bond motifs is 1. The quantitative estimate of drug-likeness (QED) is 0.856. The van der Waals surface area contributed by atoms with Crippen molar-refractivity contribution in [2.24, 2.45) is 11.7 Å². The Morgan fingerprint density at radius 3 is 2.76 bits per heavy atom. The SMILES string of the molecule is N[C@H]1CCC[C@@H]1Cc1cnc2ccccc2n1. The van der Waals surface area contributed by atoms with Crippen LogP contribution in [0.5, 0.6) is 0 Å². The zero-order valence-electron chi connectivity index (χ0n) is 9.84. The standard InChI is InChI=1S/C14H17N3/c15-12-5-3-4-10(12)8-11-9-16-13-6-1-2-7-14(13)17-11/h1-2,6-7,9-10,12H,3-5,8,15H2/t10-,12+/m1/s1. The minimum absolute atomic E-state index is 0.350. The Morgan fingerprint density at radius 2 is 2.00 bits per heavy atom. The number of hydrogen-bond donors (Lipinski definition) is 1. The number of rotatable bonds is 2. The highest BCUT2D eigenvalue weighted by molar-refractivity contribution is 5.73. The smallest absolute Gasteiger partial charge is 0.0890 e. The normalized spacial score (nSPS) is 24.3. The van der Waals surface area contributed by atoms with Crippen LogP contribution in [0.4, 0.5) is 0 Å². The van der Waals surface area contributed by atoms with E-state index in [-0.39, 0.29) is 0 Å². The predicted molar refractivity (Wildman–Crippen MR) is 68.6 cm³/mol. The predicted octanol–water partition coefficient (Wildman–Crippen LogP) is 2.30. The van der Waals surface area contributed by atoms with Gasteiger partial charge in [-0.2, -0.15) is 0 Å². The molecule has 3 rings (SSSR count). The molecule has 2 aromatic rings. The van der Waals surface area contributed by atoms with Crippen LogP contribution in [-0.2, 0) is 6.42 Å². The second kappa shape index (κ2) is 4.41. The van der Waals surface area contributed by atoms with Crippen LogP contribution in [-0.4, -0.2) is 16.0 Å². The molecule has 3 nitrogen and oxygen atoms in total. The van der Waals surface area contributed by atoms with Gasteiger partial charge in [-0.1, -0.05) is 18.6 Å². The summed E-state index contributed by atoms with van der Waals surface area (Å²) < 4.78 is 0. The molecule has 1 aliphatic rings. The summed E-state index contributed by atoms with van der Waals surface area (Å²) in [4.78, 5) is 9.10. The fourth-order valence-corrected chi connectivity index (χ4v) is 2.68. The maximum atomic E-state index is 6.09. The van der Waals surface area contributed by atoms with Crippen molar-refractivity contribution >= 4 is 11.0 Å². The first-order valence-corrected chi connectivity index (χ1v) is 6.29. The molecule has 1 heterocycles. The van der Waals surface area contributed by atoms with Gasteiger partial charge in [0.2, 0.25) is 0 Å². The molecule has 0 radical (unpaired) electrons. The molecule has 1 fully saturated rings. The second-order valence-corrected chi connectivity index (χ2v) is 4.91. The van der Waals surface area contributed by atoms with Gasteiger partial charge in [0.05, 0.1) is 16.7 Å². The van der Waals surface area contributed by atoms with Gasteiger partial charge in [0, 0.05) is 12.2 Å². The largest absolute Gasteiger partial charge is 0.327 e. The van der Waals surface area contributed by atoms with Crippen molar-refractivity contribution in [3.05, 3.63) is 36.2 Å². The van der Waals surface area contributed by atoms with Gasteiger partial charge in [-0.3, -0.25) is 4.98 Å². The van der Waals surface area contributed by atoms with E-state index in [1.165, 1.54) is 12.8 Å². The van der Waals surface area contributed by atoms with Crippen molar-refractivity contribution in [2.45, 2.75) is 31.7 Å². The molecule has 1 aromatic heterocycles. The molecule has 17 heavy (non-hydrogen) atoms. The zero-order chi connectivity index (χ0) is 11.7. The van der Waals surface area contributed by atoms with Gasteiger partial charge in [-0.15, -0.1) is 0 Å². The molecule has 2 N–H and O–H groups in total. The van der Waals surface area contributed by atoms with Gasteiger partial charge in [0.1, 0.15) is 0 Å². The van der Waals surface area contributed by atoms with Gasteiger partial charge < -0.3 is 5.73 Å². The second-order valence-electron chi connectivity index (χ2n) is 4.91. The van der Waals surface area contributed by atoms with Crippen molar-refractivity contribution in [3.8, 4) is 0 Å². The van der Waals surface area contributed by atoms with E-state index in [4.69, 9.17) is 5.73 Å². The Kier molecular flexibility index (Phi) is 2.77. The average Bonchev–Trinajstić information content (AvgIpc) is 2.75. The van der Waals surface area contributed by atoms with Crippen LogP contribution in [0.25, 0.3) is 11.0 Å². The number of aromatic nitrogens is 2. The first kappa shape index (κ1) is 10.7. The summed E-state index contributed by atoms with van der Waals surface area (Å²) >= 11 is 0. The summed E-state index contributed by atoms with van der Waals surface area (Å²) in [6.45, 7) is 0. The van der Waals surface area contributed by atoms with Gasteiger partial charge in [-0.05, 0) is 37.3 Å². The molecule has 1 saturated carbocycles. The molecule has 0 aliphatic heterocycles. The molecular weight excluding hydrogens is 210 g/mol. The Labute approximate surface area is 101 Å². The van der Waals surface area contributed by atoms with Crippen LogP contribution in [0.2, 0.25) is 0 Å². The third-order valence-corrected chi connectivity index (χ3v) is 3.69. The van der Waals surface area contributed by atoms with Gasteiger partial charge in [-0.25, -0.2) is 4.98 Å². The maximum absolute atomic E-state index is 6.09. The summed E-state index contributed by atoms with van der Waals surface area (Å²) in [6, 6.07) is 8.35. The maximum Gasteiger partial charge on any atom is 0.0890 e. The molecule has 0 bridgehead atoms. The highest BCUT2D eigenvalue weighted by Gasteiger charge is 2.24. The summed E-state index contributed by atoms with van der Waals surface area (Å²) in [5, 5.41) is 0. The van der Waals surface area contributed by atoms with E-state index in [2.05, 4.69) is 9.97 Å². The molecule has 0 unspecified atom stereocenters. The molecule has 0 saturated heterocycles. The van der Waals surface area contributed by atoms with Gasteiger partial charge >= 0.3 is 0 Å². The van der Waals surface area contributed by atoms with Crippen LogP contribution < -0.4 is 5.73 Å². The lowest BCUT2D eigenvalue weighted by Crippen LogP contribution is -2.26. The molecular formula is C14H17N3. The zero-order valence-corrected chi connectivity index (χ0v) is 9.84. The number of hydrogen-bond acceptors (Lipinski definition) is 3. The summed E-state index contributed by atoms with van der Waals surface area (Å²) in [6.07, 6.45) is 6.51. The van der Waals surface area contributed by atoms with Crippen LogP contribution >= 0.6 is 0 Å². The van der Waals surface area contributed by atoms with E-state index in [0.717, 1.165) is 29.6 Å². The first-order chi connectivity index (χ1) is 8.33. The Morgan fingerprint density at radius 1 is 1.18 bits per heavy atom. The number of nitrogens with two attached hydrogens (primary N) is 1. The van der Waals surface area contributed by atoms with Gasteiger partial charge in [0.25, 0.3) is 0 Å². The molecule has 0 spiro atoms. The summed E-state index contributed by atoms with van der Waals surface area (Å²) in [5.74, 6) is 0.588. The molecule has 1 aromatic carbocycles. The Bertz CT molecular complexity index is 524. The third-order valence-electron chi connectivity index (χ3n) is 3.69. The van der Waals surface area contributed by atoms with Crippen molar-refractivity contribution in [1.82, 2.24) is 9.97 Å². The number of benzene rings is 1. The topological polar surface area (TPSA) is 51.8 Å². The van der Waals surface area contributed by atoms with Crippen LogP contribution in [0, 0.1) is 5.92 Å². The molecule has 1 aliphatic carbocycles. The average molecular weight is 227 g/mol. The number of para-hydroxylation sites is 2. The fourth-order valence-electron chi connectivity index (χ4n) is 2.68. The van der Waals surface area contributed by atoms with Crippen molar-refractivity contribution in [2.75, 3.05) is 0 Å². The summed E-state index contributed by atoms with van der Waals surface area (Å²) in [5.41, 5.74) is 9.11. The minimum Gasteiger partial charge on any atom is -0.327 e. The first-order valence-electron chi connectivity index (χ1n) is 6.29. The Hall–Kier alpha value is -1.48. The van der Waals surface area contributed by atoms with Crippen molar-refractivity contribution < 1.29 is 0 Å². The lowest BCUT2D eigenvalue weighted by Gasteiger charge is -2.14. The van der Waals surface area contributed by atoms with E-state index in [1.54, 1.807) is 0 Å². The fraction of sp³-hybridized carbons (Fsp3) is 0.429. The lowest BCUT2D eigenvalue weighted by atomic mass is 9.98. The summed E-state index contributed by atoms with van der Waals surface area (Å²) in [7, 11) is 0. The minimum atomic E-state index is 0.350. The van der Waals surface area contributed by atoms with E-state index >= 15 is 0 Å². The molecule has 0 amide bonds. The number of nitrogens with zero attached hydrogens (tertiary/aromatic N) is 2. The molecule has 3 heteroatoms. The third kappa shape index (κ3) is 2.15. The molecule has 88 valence electrons. The van der Waals surface area contributed by atoms with E-state index in [9.17, 15) is 0 Å². The van der Waals surface area contributed by atoms with Crippen molar-refractivity contribution in [3.63, 3.8) is 0 Å². The van der Waals surface area contributed by atoms with Crippen LogP contribution in [0.15, 0.2) is 30.5 Å². The highest BCUT2D eigenvalue weighted by Crippen LogP contribution is 2.26. The monoisotopic (exact) mass is 227 g/mol. The van der Waals surface area contributed by atoms with Crippen LogP contribution in [0.1, 0.15) is 25.0 Å². The van der Waals surface area contributed by atoms with Crippen LogP contribution in [0.3, 0.4) is 0 Å². The molecule has 2 atom stereocenters. The van der Waals surface area contributed by atoms with E-state index in [1.807, 2.05) is 30.5 Å². The van der Waals surface area contributed by atoms with Crippen molar-refractivity contribution in [1.29, 1.82) is 0 Å². The highest BCUT2D eigenvalue weighted by atomic mass is 14.8.